The van der Waals surface area contributed by atoms with E-state index in [1.807, 2.05) is 0 Å². The van der Waals surface area contributed by atoms with Crippen molar-refractivity contribution in [1.82, 2.24) is 0 Å². The fourth-order valence-corrected chi connectivity index (χ4v) is 3.44. The Morgan fingerprint density at radius 2 is 2.15 bits per heavy atom. The molecule has 1 aromatic carbocycles. The Labute approximate surface area is 102 Å². The van der Waals surface area contributed by atoms with Crippen LogP contribution in [-0.4, -0.2) is 7.11 Å². The summed E-state index contributed by atoms with van der Waals surface area (Å²) in [5, 5.41) is 1.27. The average Bonchev–Trinajstić information content (AvgIpc) is 2.42. The number of fused-ring (bicyclic) bond motifs is 1. The van der Waals surface area contributed by atoms with Gasteiger partial charge in [-0.05, 0) is 62.1 Å². The molecule has 0 aliphatic carbocycles. The quantitative estimate of drug-likeness (QED) is 0.683. The molecule has 2 aromatic rings. The summed E-state index contributed by atoms with van der Waals surface area (Å²) in [5.74, 6) is 0.947. The summed E-state index contributed by atoms with van der Waals surface area (Å²) in [6, 6.07) is 6.34. The van der Waals surface area contributed by atoms with Crippen LogP contribution in [0.1, 0.15) is 0 Å². The molecule has 0 spiro atoms. The van der Waals surface area contributed by atoms with Crippen LogP contribution >= 0.6 is 49.9 Å². The maximum atomic E-state index is 5.25. The molecule has 0 N–H and O–H groups in total. The van der Waals surface area contributed by atoms with Crippen LogP contribution < -0.4 is 4.74 Å². The Hall–Kier alpha value is 0.190. The number of benzene rings is 1. The van der Waals surface area contributed by atoms with Crippen molar-refractivity contribution in [1.29, 1.82) is 0 Å². The zero-order valence-electron chi connectivity index (χ0n) is 6.80. The Morgan fingerprint density at radius 1 is 1.38 bits per heavy atom. The van der Waals surface area contributed by atoms with E-state index >= 15 is 0 Å². The van der Waals surface area contributed by atoms with Crippen molar-refractivity contribution in [2.75, 3.05) is 7.11 Å². The highest BCUT2D eigenvalue weighted by Crippen LogP contribution is 2.34. The summed E-state index contributed by atoms with van der Waals surface area (Å²) in [5.41, 5.74) is 0. The summed E-state index contributed by atoms with van der Waals surface area (Å²) in [4.78, 5) is 0. The molecular formula is C9H6BrIOS. The van der Waals surface area contributed by atoms with Crippen molar-refractivity contribution >= 4 is 59.9 Å². The maximum Gasteiger partial charge on any atom is 0.133 e. The Bertz CT molecular complexity index is 452. The van der Waals surface area contributed by atoms with E-state index in [0.717, 1.165) is 13.1 Å². The fraction of sp³-hybridized carbons (Fsp3) is 0.111. The van der Waals surface area contributed by atoms with Crippen LogP contribution in [-0.2, 0) is 0 Å². The first-order valence-corrected chi connectivity index (χ1v) is 6.32. The summed E-state index contributed by atoms with van der Waals surface area (Å²) in [7, 11) is 1.70. The molecule has 0 saturated heterocycles. The summed E-state index contributed by atoms with van der Waals surface area (Å²) in [6.07, 6.45) is 0. The molecule has 4 heteroatoms. The zero-order chi connectivity index (χ0) is 9.42. The van der Waals surface area contributed by atoms with Gasteiger partial charge in [0, 0.05) is 4.70 Å². The van der Waals surface area contributed by atoms with Gasteiger partial charge < -0.3 is 4.74 Å². The highest BCUT2D eigenvalue weighted by atomic mass is 127. The predicted octanol–water partition coefficient (Wildman–Crippen LogP) is 4.28. The molecule has 1 nitrogen and oxygen atoms in total. The average molecular weight is 369 g/mol. The van der Waals surface area contributed by atoms with Gasteiger partial charge in [-0.25, -0.2) is 0 Å². The Kier molecular flexibility index (Phi) is 2.80. The number of hydrogen-bond acceptors (Lipinski definition) is 2. The van der Waals surface area contributed by atoms with Gasteiger partial charge >= 0.3 is 0 Å². The summed E-state index contributed by atoms with van der Waals surface area (Å²) >= 11 is 7.48. The molecule has 0 aliphatic heterocycles. The molecule has 1 heterocycles. The molecule has 0 amide bonds. The number of ether oxygens (including phenoxy) is 1. The van der Waals surface area contributed by atoms with Gasteiger partial charge in [0.1, 0.15) is 5.75 Å². The molecule has 13 heavy (non-hydrogen) atoms. The second-order valence-corrected chi connectivity index (χ2v) is 6.20. The van der Waals surface area contributed by atoms with Gasteiger partial charge in [-0.15, -0.1) is 11.3 Å². The summed E-state index contributed by atoms with van der Waals surface area (Å²) in [6.45, 7) is 0. The predicted molar refractivity (Wildman–Crippen MR) is 68.8 cm³/mol. The van der Waals surface area contributed by atoms with Crippen molar-refractivity contribution in [2.45, 2.75) is 0 Å². The minimum atomic E-state index is 0.947. The van der Waals surface area contributed by atoms with E-state index in [2.05, 4.69) is 56.7 Å². The molecule has 0 radical (unpaired) electrons. The fourth-order valence-electron chi connectivity index (χ4n) is 1.16. The van der Waals surface area contributed by atoms with Crippen LogP contribution in [0.15, 0.2) is 22.0 Å². The highest BCUT2D eigenvalue weighted by Gasteiger charge is 2.05. The van der Waals surface area contributed by atoms with Crippen molar-refractivity contribution < 1.29 is 4.74 Å². The van der Waals surface area contributed by atoms with E-state index in [4.69, 9.17) is 4.74 Å². The van der Waals surface area contributed by atoms with Crippen LogP contribution in [0.4, 0.5) is 0 Å². The number of thiophene rings is 1. The standard InChI is InChI=1S/C9H6BrIOS/c1-12-7-4-8-5(2-6(7)11)3-9(10)13-8/h2-4H,1H3. The van der Waals surface area contributed by atoms with E-state index in [0.29, 0.717) is 0 Å². The lowest BCUT2D eigenvalue weighted by atomic mass is 10.2. The van der Waals surface area contributed by atoms with E-state index in [9.17, 15) is 0 Å². The number of hydrogen-bond donors (Lipinski definition) is 0. The largest absolute Gasteiger partial charge is 0.496 e. The topological polar surface area (TPSA) is 9.23 Å². The molecular weight excluding hydrogens is 363 g/mol. The molecule has 2 rings (SSSR count). The minimum Gasteiger partial charge on any atom is -0.496 e. The molecule has 0 fully saturated rings. The van der Waals surface area contributed by atoms with E-state index in [1.54, 1.807) is 18.4 Å². The Morgan fingerprint density at radius 3 is 2.85 bits per heavy atom. The lowest BCUT2D eigenvalue weighted by molar-refractivity contribution is 0.412. The van der Waals surface area contributed by atoms with Gasteiger partial charge in [-0.2, -0.15) is 0 Å². The lowest BCUT2D eigenvalue weighted by Gasteiger charge is -2.01. The van der Waals surface area contributed by atoms with Crippen LogP contribution in [0.2, 0.25) is 0 Å². The molecule has 0 unspecified atom stereocenters. The second-order valence-electron chi connectivity index (χ2n) is 2.58. The van der Waals surface area contributed by atoms with Crippen molar-refractivity contribution in [2.24, 2.45) is 0 Å². The molecule has 0 bridgehead atoms. The smallest absolute Gasteiger partial charge is 0.133 e. The van der Waals surface area contributed by atoms with Gasteiger partial charge in [0.25, 0.3) is 0 Å². The van der Waals surface area contributed by atoms with Crippen molar-refractivity contribution in [3.63, 3.8) is 0 Å². The molecule has 0 atom stereocenters. The lowest BCUT2D eigenvalue weighted by Crippen LogP contribution is -1.84. The summed E-state index contributed by atoms with van der Waals surface area (Å²) < 4.78 is 8.81. The van der Waals surface area contributed by atoms with Crippen molar-refractivity contribution in [3.8, 4) is 5.75 Å². The first kappa shape index (κ1) is 9.73. The minimum absolute atomic E-state index is 0.947. The first-order chi connectivity index (χ1) is 6.20. The molecule has 0 aliphatic rings. The van der Waals surface area contributed by atoms with Gasteiger partial charge in [-0.1, -0.05) is 0 Å². The normalized spacial score (nSPS) is 10.7. The van der Waals surface area contributed by atoms with Crippen LogP contribution in [0.3, 0.4) is 0 Å². The third kappa shape index (κ3) is 1.85. The number of methoxy groups -OCH3 is 1. The zero-order valence-corrected chi connectivity index (χ0v) is 11.4. The number of rotatable bonds is 1. The van der Waals surface area contributed by atoms with Gasteiger partial charge in [-0.3, -0.25) is 0 Å². The molecule has 1 aromatic heterocycles. The van der Waals surface area contributed by atoms with E-state index < -0.39 is 0 Å². The van der Waals surface area contributed by atoms with Gasteiger partial charge in [0.05, 0.1) is 14.5 Å². The molecule has 0 saturated carbocycles. The Balaban J connectivity index is 2.72. The maximum absolute atomic E-state index is 5.25. The highest BCUT2D eigenvalue weighted by molar-refractivity contribution is 14.1. The molecule has 68 valence electrons. The monoisotopic (exact) mass is 368 g/mol. The first-order valence-electron chi connectivity index (χ1n) is 3.63. The third-order valence-electron chi connectivity index (χ3n) is 1.76. The second kappa shape index (κ2) is 3.74. The van der Waals surface area contributed by atoms with Gasteiger partial charge in [0.15, 0.2) is 0 Å². The van der Waals surface area contributed by atoms with E-state index in [-0.39, 0.29) is 0 Å². The van der Waals surface area contributed by atoms with Crippen molar-refractivity contribution in [3.05, 3.63) is 25.6 Å². The van der Waals surface area contributed by atoms with Crippen LogP contribution in [0.25, 0.3) is 10.1 Å². The SMILES string of the molecule is COc1cc2sc(Br)cc2cc1I. The number of halogens is 2. The van der Waals surface area contributed by atoms with Crippen LogP contribution in [0, 0.1) is 3.57 Å². The van der Waals surface area contributed by atoms with E-state index in [1.165, 1.54) is 10.1 Å². The third-order valence-corrected chi connectivity index (χ3v) is 4.20. The van der Waals surface area contributed by atoms with Crippen LogP contribution in [0.5, 0.6) is 5.75 Å². The van der Waals surface area contributed by atoms with Gasteiger partial charge in [0.2, 0.25) is 0 Å².